The van der Waals surface area contributed by atoms with Crippen molar-refractivity contribution in [1.29, 1.82) is 0 Å². The number of benzene rings is 6. The van der Waals surface area contributed by atoms with Gasteiger partial charge in [-0.1, -0.05) is 251 Å². The Morgan fingerprint density at radius 1 is 0.301 bits per heavy atom. The number of unbranched alkanes of at least 4 members (excludes halogenated alkanes) is 20. The van der Waals surface area contributed by atoms with Crippen LogP contribution in [0.4, 0.5) is 0 Å². The molecular formula is C68H90O4Si. The van der Waals surface area contributed by atoms with Crippen LogP contribution in [0, 0.1) is 0 Å². The maximum atomic E-state index is 9.01. The monoisotopic (exact) mass is 999 g/mol. The van der Waals surface area contributed by atoms with E-state index in [1.165, 1.54) is 183 Å². The summed E-state index contributed by atoms with van der Waals surface area (Å²) in [6, 6.07) is 53.5. The van der Waals surface area contributed by atoms with Gasteiger partial charge in [0.25, 0.3) is 0 Å². The van der Waals surface area contributed by atoms with E-state index in [9.17, 15) is 0 Å². The van der Waals surface area contributed by atoms with E-state index in [0.717, 1.165) is 63.2 Å². The Labute approximate surface area is 443 Å². The molecule has 1 aliphatic rings. The Balaban J connectivity index is 1.09. The van der Waals surface area contributed by atoms with Gasteiger partial charge in [0.05, 0.1) is 13.2 Å². The Morgan fingerprint density at radius 2 is 0.575 bits per heavy atom. The van der Waals surface area contributed by atoms with E-state index in [1.54, 1.807) is 10.4 Å². The van der Waals surface area contributed by atoms with E-state index < -0.39 is 8.07 Å². The van der Waals surface area contributed by atoms with Crippen LogP contribution in [0.3, 0.4) is 0 Å². The van der Waals surface area contributed by atoms with Crippen LogP contribution in [-0.4, -0.2) is 44.7 Å². The first-order valence-electron chi connectivity index (χ1n) is 29.3. The van der Waals surface area contributed by atoms with Gasteiger partial charge in [-0.3, -0.25) is 0 Å². The largest absolute Gasteiger partial charge is 0.494 e. The first kappa shape index (κ1) is 55.8. The van der Waals surface area contributed by atoms with Crippen molar-refractivity contribution in [2.45, 2.75) is 180 Å². The summed E-state index contributed by atoms with van der Waals surface area (Å²) in [6.45, 7) is 6.76. The summed E-state index contributed by atoms with van der Waals surface area (Å²) in [5.74, 6) is 1.87. The Hall–Kier alpha value is -4.94. The SMILES string of the molecule is CCCCCCCC[Si]1(CCCCCCCC)c2cc(-c3ccc(-c4ccc(OCCCCCCCCO)cc4)cc3)ccc2-c2ccc(-c3ccc(-c4ccc(OCCCCCCCCO)cc4)cc3)cc21. The fourth-order valence-corrected chi connectivity index (χ4v) is 17.0. The van der Waals surface area contributed by atoms with Crippen molar-refractivity contribution in [3.8, 4) is 67.1 Å². The predicted molar refractivity (Wildman–Crippen MR) is 316 cm³/mol. The molecule has 1 aliphatic heterocycles. The molecule has 0 amide bonds. The molecule has 0 radical (unpaired) electrons. The lowest BCUT2D eigenvalue weighted by Crippen LogP contribution is -2.55. The van der Waals surface area contributed by atoms with Crippen molar-refractivity contribution in [1.82, 2.24) is 0 Å². The van der Waals surface area contributed by atoms with Crippen LogP contribution in [0.25, 0.3) is 55.6 Å². The molecule has 0 spiro atoms. The molecule has 390 valence electrons. The molecule has 6 aromatic rings. The van der Waals surface area contributed by atoms with Crippen LogP contribution in [0.5, 0.6) is 11.5 Å². The number of rotatable bonds is 36. The molecule has 0 saturated heterocycles. The molecule has 0 fully saturated rings. The fraction of sp³-hybridized carbons (Fsp3) is 0.471. The zero-order chi connectivity index (χ0) is 50.8. The minimum atomic E-state index is -2.16. The Bertz CT molecular complexity index is 2280. The van der Waals surface area contributed by atoms with E-state index >= 15 is 0 Å². The summed E-state index contributed by atoms with van der Waals surface area (Å²) in [5, 5.41) is 21.4. The minimum Gasteiger partial charge on any atom is -0.494 e. The van der Waals surface area contributed by atoms with Crippen molar-refractivity contribution in [2.24, 2.45) is 0 Å². The summed E-state index contributed by atoms with van der Waals surface area (Å²) in [7, 11) is -2.16. The first-order chi connectivity index (χ1) is 36.1. The second-order valence-electron chi connectivity index (χ2n) is 21.2. The number of fused-ring (bicyclic) bond motifs is 3. The van der Waals surface area contributed by atoms with E-state index in [-0.39, 0.29) is 0 Å². The van der Waals surface area contributed by atoms with Gasteiger partial charge in [-0.15, -0.1) is 0 Å². The van der Waals surface area contributed by atoms with Crippen molar-refractivity contribution >= 4 is 18.4 Å². The van der Waals surface area contributed by atoms with Gasteiger partial charge in [0.1, 0.15) is 19.6 Å². The molecule has 73 heavy (non-hydrogen) atoms. The lowest BCUT2D eigenvalue weighted by Gasteiger charge is -2.31. The smallest absolute Gasteiger partial charge is 0.119 e. The van der Waals surface area contributed by atoms with Crippen LogP contribution in [0.2, 0.25) is 12.1 Å². The van der Waals surface area contributed by atoms with Gasteiger partial charge in [0.15, 0.2) is 0 Å². The van der Waals surface area contributed by atoms with Crippen LogP contribution in [0.1, 0.15) is 168 Å². The highest BCUT2D eigenvalue weighted by Gasteiger charge is 2.44. The highest BCUT2D eigenvalue weighted by Crippen LogP contribution is 2.39. The van der Waals surface area contributed by atoms with Crippen LogP contribution in [-0.2, 0) is 0 Å². The summed E-state index contributed by atoms with van der Waals surface area (Å²) in [4.78, 5) is 0. The zero-order valence-electron chi connectivity index (χ0n) is 45.1. The van der Waals surface area contributed by atoms with Crippen LogP contribution >= 0.6 is 0 Å². The lowest BCUT2D eigenvalue weighted by molar-refractivity contribution is 0.280. The van der Waals surface area contributed by atoms with Gasteiger partial charge < -0.3 is 19.7 Å². The third-order valence-electron chi connectivity index (χ3n) is 15.7. The molecule has 0 aromatic heterocycles. The molecule has 2 N–H and O–H groups in total. The number of ether oxygens (including phenoxy) is 2. The van der Waals surface area contributed by atoms with Gasteiger partial charge in [0.2, 0.25) is 0 Å². The molecule has 0 saturated carbocycles. The predicted octanol–water partition coefficient (Wildman–Crippen LogP) is 18.0. The molecule has 0 bridgehead atoms. The molecule has 1 heterocycles. The molecule has 0 unspecified atom stereocenters. The molecule has 0 atom stereocenters. The molecule has 5 heteroatoms. The normalized spacial score (nSPS) is 12.5. The Kier molecular flexibility index (Phi) is 23.7. The van der Waals surface area contributed by atoms with E-state index in [0.29, 0.717) is 13.2 Å². The summed E-state index contributed by atoms with van der Waals surface area (Å²) in [6.07, 6.45) is 29.3. The maximum Gasteiger partial charge on any atom is 0.119 e. The van der Waals surface area contributed by atoms with Crippen molar-refractivity contribution in [2.75, 3.05) is 26.4 Å². The topological polar surface area (TPSA) is 58.9 Å². The number of hydrogen-bond donors (Lipinski definition) is 2. The molecule has 4 nitrogen and oxygen atoms in total. The standard InChI is InChI=1S/C68H90O4Si/c1-3-5-7-9-19-25-51-73(52-26-20-10-8-6-4-2)67-53-61(59-31-27-55(28-32-59)57-35-41-63(42-36-57)71-49-23-17-13-11-15-21-47-69)39-45-65(67)66-46-40-62(54-68(66)73)60-33-29-56(30-34-60)58-37-43-64(44-38-58)72-50-24-18-14-12-16-22-48-70/h27-46,53-54,69-70H,3-26,47-52H2,1-2H3. The summed E-state index contributed by atoms with van der Waals surface area (Å²) >= 11 is 0. The first-order valence-corrected chi connectivity index (χ1v) is 31.7. The van der Waals surface area contributed by atoms with E-state index in [1.807, 2.05) is 0 Å². The molecular weight excluding hydrogens is 909 g/mol. The highest BCUT2D eigenvalue weighted by molar-refractivity contribution is 7.05. The van der Waals surface area contributed by atoms with E-state index in [4.69, 9.17) is 19.7 Å². The van der Waals surface area contributed by atoms with Gasteiger partial charge in [-0.2, -0.15) is 0 Å². The third kappa shape index (κ3) is 16.5. The summed E-state index contributed by atoms with van der Waals surface area (Å²) < 4.78 is 12.2. The lowest BCUT2D eigenvalue weighted by atomic mass is 9.96. The average molecular weight is 1000 g/mol. The van der Waals surface area contributed by atoms with Crippen molar-refractivity contribution < 1.29 is 19.7 Å². The van der Waals surface area contributed by atoms with E-state index in [2.05, 4.69) is 147 Å². The van der Waals surface area contributed by atoms with Gasteiger partial charge in [-0.05, 0) is 128 Å². The molecule has 7 rings (SSSR count). The fourth-order valence-electron chi connectivity index (χ4n) is 11.4. The second kappa shape index (κ2) is 31.1. The third-order valence-corrected chi connectivity index (χ3v) is 21.0. The van der Waals surface area contributed by atoms with Crippen molar-refractivity contribution in [3.05, 3.63) is 133 Å². The van der Waals surface area contributed by atoms with Crippen LogP contribution < -0.4 is 19.8 Å². The zero-order valence-corrected chi connectivity index (χ0v) is 46.1. The maximum absolute atomic E-state index is 9.01. The number of hydrogen-bond acceptors (Lipinski definition) is 4. The van der Waals surface area contributed by atoms with Gasteiger partial charge >= 0.3 is 0 Å². The second-order valence-corrected chi connectivity index (χ2v) is 25.5. The van der Waals surface area contributed by atoms with Crippen LogP contribution in [0.15, 0.2) is 133 Å². The number of aliphatic hydroxyl groups excluding tert-OH is 2. The quantitative estimate of drug-likeness (QED) is 0.0304. The summed E-state index contributed by atoms with van der Waals surface area (Å²) in [5.41, 5.74) is 13.1. The molecule has 6 aromatic carbocycles. The minimum absolute atomic E-state index is 0.304. The van der Waals surface area contributed by atoms with Crippen molar-refractivity contribution in [3.63, 3.8) is 0 Å². The number of aliphatic hydroxyl groups is 2. The van der Waals surface area contributed by atoms with Gasteiger partial charge in [-0.25, -0.2) is 0 Å². The highest BCUT2D eigenvalue weighted by atomic mass is 28.3. The average Bonchev–Trinajstić information content (AvgIpc) is 3.70. The van der Waals surface area contributed by atoms with Gasteiger partial charge in [0, 0.05) is 13.2 Å². The molecule has 0 aliphatic carbocycles. The Morgan fingerprint density at radius 3 is 0.918 bits per heavy atom.